The lowest BCUT2D eigenvalue weighted by molar-refractivity contribution is 0.0951. The van der Waals surface area contributed by atoms with Gasteiger partial charge in [-0.15, -0.1) is 0 Å². The first-order valence-electron chi connectivity index (χ1n) is 10.0. The van der Waals surface area contributed by atoms with Gasteiger partial charge < -0.3 is 5.32 Å². The Morgan fingerprint density at radius 2 is 2.00 bits per heavy atom. The van der Waals surface area contributed by atoms with E-state index >= 15 is 0 Å². The van der Waals surface area contributed by atoms with E-state index in [1.165, 1.54) is 11.8 Å². The van der Waals surface area contributed by atoms with Gasteiger partial charge >= 0.3 is 0 Å². The average molecular weight is 421 g/mol. The highest BCUT2D eigenvalue weighted by atomic mass is 32.2. The molecule has 154 valence electrons. The molecule has 0 unspecified atom stereocenters. The number of amides is 1. The van der Waals surface area contributed by atoms with Gasteiger partial charge in [0.1, 0.15) is 0 Å². The minimum atomic E-state index is -0.221. The van der Waals surface area contributed by atoms with E-state index in [1.807, 2.05) is 30.3 Å². The summed E-state index contributed by atoms with van der Waals surface area (Å²) in [5, 5.41) is 12.8. The number of hydrogen-bond donors (Lipinski definition) is 1. The maximum Gasteiger partial charge on any atom is 0.262 e. The molecule has 0 atom stereocenters. The first-order valence-corrected chi connectivity index (χ1v) is 11.0. The molecule has 0 aliphatic carbocycles. The van der Waals surface area contributed by atoms with Crippen molar-refractivity contribution in [3.05, 3.63) is 70.0 Å². The summed E-state index contributed by atoms with van der Waals surface area (Å²) in [5.41, 5.74) is 1.80. The van der Waals surface area contributed by atoms with E-state index < -0.39 is 0 Å². The number of thioether (sulfide) groups is 1. The molecule has 0 aliphatic heterocycles. The second-order valence-corrected chi connectivity index (χ2v) is 7.85. The Balaban J connectivity index is 1.88. The molecule has 3 rings (SSSR count). The van der Waals surface area contributed by atoms with Gasteiger partial charge in [0.15, 0.2) is 5.16 Å². The summed E-state index contributed by atoms with van der Waals surface area (Å²) >= 11 is 1.25. The van der Waals surface area contributed by atoms with Crippen LogP contribution in [0.5, 0.6) is 0 Å². The van der Waals surface area contributed by atoms with E-state index in [1.54, 1.807) is 22.8 Å². The Bertz CT molecular complexity index is 1120. The molecule has 0 fully saturated rings. The van der Waals surface area contributed by atoms with Gasteiger partial charge in [0.2, 0.25) is 0 Å². The summed E-state index contributed by atoms with van der Waals surface area (Å²) in [5.74, 6) is -0.0101. The van der Waals surface area contributed by atoms with Gasteiger partial charge in [-0.1, -0.05) is 61.9 Å². The Kier molecular flexibility index (Phi) is 7.63. The van der Waals surface area contributed by atoms with Crippen molar-refractivity contribution in [3.63, 3.8) is 0 Å². The van der Waals surface area contributed by atoms with Crippen LogP contribution in [0.25, 0.3) is 10.9 Å². The maximum absolute atomic E-state index is 13.0. The maximum atomic E-state index is 13.0. The van der Waals surface area contributed by atoms with Crippen LogP contribution in [-0.2, 0) is 13.1 Å². The van der Waals surface area contributed by atoms with Gasteiger partial charge in [0.25, 0.3) is 11.5 Å². The van der Waals surface area contributed by atoms with E-state index in [9.17, 15) is 9.59 Å². The molecule has 0 spiro atoms. The molecule has 1 aromatic heterocycles. The third kappa shape index (κ3) is 5.28. The average Bonchev–Trinajstić information content (AvgIpc) is 2.78. The van der Waals surface area contributed by atoms with Gasteiger partial charge in [-0.2, -0.15) is 5.26 Å². The van der Waals surface area contributed by atoms with Crippen LogP contribution in [0.2, 0.25) is 0 Å². The number of hydrogen-bond acceptors (Lipinski definition) is 5. The number of nitrogens with one attached hydrogen (secondary N) is 1. The predicted molar refractivity (Wildman–Crippen MR) is 119 cm³/mol. The topological polar surface area (TPSA) is 87.8 Å². The summed E-state index contributed by atoms with van der Waals surface area (Å²) in [4.78, 5) is 30.2. The van der Waals surface area contributed by atoms with E-state index in [4.69, 9.17) is 5.26 Å². The molecule has 7 heteroatoms. The van der Waals surface area contributed by atoms with Crippen LogP contribution < -0.4 is 10.9 Å². The van der Waals surface area contributed by atoms with Crippen LogP contribution in [0.15, 0.2) is 58.5 Å². The van der Waals surface area contributed by atoms with Crippen molar-refractivity contribution in [2.75, 3.05) is 5.75 Å². The molecule has 3 aromatic rings. The molecule has 1 heterocycles. The Morgan fingerprint density at radius 1 is 1.20 bits per heavy atom. The fourth-order valence-electron chi connectivity index (χ4n) is 3.15. The molecule has 0 saturated carbocycles. The number of nitriles is 1. The van der Waals surface area contributed by atoms with E-state index in [2.05, 4.69) is 23.3 Å². The first kappa shape index (κ1) is 21.6. The minimum Gasteiger partial charge on any atom is -0.348 e. The smallest absolute Gasteiger partial charge is 0.262 e. The van der Waals surface area contributed by atoms with Crippen LogP contribution in [0.3, 0.4) is 0 Å². The van der Waals surface area contributed by atoms with Gasteiger partial charge in [-0.05, 0) is 30.2 Å². The largest absolute Gasteiger partial charge is 0.348 e. The van der Waals surface area contributed by atoms with Gasteiger partial charge in [-0.3, -0.25) is 14.2 Å². The molecule has 0 bridgehead atoms. The normalized spacial score (nSPS) is 10.7. The number of rotatable bonds is 9. The molecule has 1 amide bonds. The third-order valence-electron chi connectivity index (χ3n) is 4.73. The molecular formula is C23H24N4O2S. The van der Waals surface area contributed by atoms with Crippen molar-refractivity contribution in [1.82, 2.24) is 14.9 Å². The first-order chi connectivity index (χ1) is 14.6. The molecule has 6 nitrogen and oxygen atoms in total. The third-order valence-corrected chi connectivity index (χ3v) is 5.57. The highest BCUT2D eigenvalue weighted by molar-refractivity contribution is 7.99. The fourth-order valence-corrected chi connectivity index (χ4v) is 3.83. The second kappa shape index (κ2) is 10.6. The SMILES string of the molecule is CCCCCn1c(SCC#N)nc2cc(C(=O)NCc3ccccc3)ccc2c1=O. The van der Waals surface area contributed by atoms with Gasteiger partial charge in [0, 0.05) is 18.7 Å². The zero-order chi connectivity index (χ0) is 21.3. The molecule has 2 aromatic carbocycles. The lowest BCUT2D eigenvalue weighted by Gasteiger charge is -2.13. The Labute approximate surface area is 179 Å². The lowest BCUT2D eigenvalue weighted by atomic mass is 10.1. The zero-order valence-corrected chi connectivity index (χ0v) is 17.7. The quantitative estimate of drug-likeness (QED) is 0.319. The van der Waals surface area contributed by atoms with Crippen molar-refractivity contribution in [2.24, 2.45) is 0 Å². The van der Waals surface area contributed by atoms with Crippen LogP contribution in [0.4, 0.5) is 0 Å². The second-order valence-electron chi connectivity index (χ2n) is 6.91. The summed E-state index contributed by atoms with van der Waals surface area (Å²) < 4.78 is 1.65. The molecule has 0 radical (unpaired) electrons. The van der Waals surface area contributed by atoms with E-state index in [0.29, 0.717) is 34.7 Å². The number of benzene rings is 2. The standard InChI is InChI=1S/C23H24N4O2S/c1-2-3-7-13-27-22(29)19-11-10-18(15-20(19)26-23(27)30-14-12-24)21(28)25-16-17-8-5-4-6-9-17/h4-6,8-11,15H,2-3,7,13-14,16H2,1H3,(H,25,28). The summed E-state index contributed by atoms with van der Waals surface area (Å²) in [6.07, 6.45) is 2.95. The highest BCUT2D eigenvalue weighted by Crippen LogP contribution is 2.19. The Morgan fingerprint density at radius 3 is 2.73 bits per heavy atom. The van der Waals surface area contributed by atoms with Crippen molar-refractivity contribution < 1.29 is 4.79 Å². The van der Waals surface area contributed by atoms with Gasteiger partial charge in [-0.25, -0.2) is 4.98 Å². The van der Waals surface area contributed by atoms with Crippen molar-refractivity contribution in [1.29, 1.82) is 5.26 Å². The lowest BCUT2D eigenvalue weighted by Crippen LogP contribution is -2.25. The van der Waals surface area contributed by atoms with E-state index in [0.717, 1.165) is 24.8 Å². The zero-order valence-electron chi connectivity index (χ0n) is 16.9. The van der Waals surface area contributed by atoms with Gasteiger partial charge in [0.05, 0.1) is 22.7 Å². The molecule has 30 heavy (non-hydrogen) atoms. The number of fused-ring (bicyclic) bond motifs is 1. The number of carbonyl (C=O) groups excluding carboxylic acids is 1. The molecular weight excluding hydrogens is 396 g/mol. The molecule has 0 saturated heterocycles. The summed E-state index contributed by atoms with van der Waals surface area (Å²) in [6, 6.07) is 16.7. The monoisotopic (exact) mass is 420 g/mol. The summed E-state index contributed by atoms with van der Waals surface area (Å²) in [7, 11) is 0. The highest BCUT2D eigenvalue weighted by Gasteiger charge is 2.14. The molecule has 0 aliphatic rings. The van der Waals surface area contributed by atoms with Crippen LogP contribution in [0, 0.1) is 11.3 Å². The van der Waals surface area contributed by atoms with Crippen molar-refractivity contribution in [2.45, 2.75) is 44.4 Å². The summed E-state index contributed by atoms with van der Waals surface area (Å²) in [6.45, 7) is 3.10. The molecule has 1 N–H and O–H groups in total. The van der Waals surface area contributed by atoms with Crippen LogP contribution >= 0.6 is 11.8 Å². The fraction of sp³-hybridized carbons (Fsp3) is 0.304. The number of nitrogens with zero attached hydrogens (tertiary/aromatic N) is 3. The van der Waals surface area contributed by atoms with Crippen LogP contribution in [0.1, 0.15) is 42.1 Å². The Hall–Kier alpha value is -3.11. The number of unbranched alkanes of at least 4 members (excludes halogenated alkanes) is 2. The van der Waals surface area contributed by atoms with E-state index in [-0.39, 0.29) is 17.2 Å². The predicted octanol–water partition coefficient (Wildman–Crippen LogP) is 4.13. The van der Waals surface area contributed by atoms with Crippen molar-refractivity contribution in [3.8, 4) is 6.07 Å². The number of carbonyl (C=O) groups is 1. The van der Waals surface area contributed by atoms with Crippen LogP contribution in [-0.4, -0.2) is 21.2 Å². The number of aromatic nitrogens is 2. The minimum absolute atomic E-state index is 0.132. The van der Waals surface area contributed by atoms with Crippen molar-refractivity contribution >= 4 is 28.6 Å².